The lowest BCUT2D eigenvalue weighted by molar-refractivity contribution is -0.121. The molecule has 0 bridgehead atoms. The summed E-state index contributed by atoms with van der Waals surface area (Å²) in [6.07, 6.45) is 7.04. The minimum atomic E-state index is 0.203. The maximum Gasteiger partial charge on any atom is 0.221 e. The van der Waals surface area contributed by atoms with Crippen LogP contribution in [0, 0.1) is 0 Å². The molecule has 3 rings (SSSR count). The van der Waals surface area contributed by atoms with Gasteiger partial charge in [0.1, 0.15) is 5.82 Å². The molecule has 0 radical (unpaired) electrons. The molecule has 110 valence electrons. The Morgan fingerprint density at radius 3 is 2.70 bits per heavy atom. The Labute approximate surface area is 119 Å². The highest BCUT2D eigenvalue weighted by Gasteiger charge is 2.24. The van der Waals surface area contributed by atoms with E-state index in [2.05, 4.69) is 15.3 Å². The highest BCUT2D eigenvalue weighted by atomic mass is 16.1. The predicted octanol–water partition coefficient (Wildman–Crippen LogP) is 0.771. The molecule has 1 saturated heterocycles. The molecule has 0 spiro atoms. The average Bonchev–Trinajstić information content (AvgIpc) is 3.16. The molecule has 1 saturated carbocycles. The quantitative estimate of drug-likeness (QED) is 0.833. The van der Waals surface area contributed by atoms with E-state index in [0.717, 1.165) is 45.3 Å². The van der Waals surface area contributed by atoms with Gasteiger partial charge in [-0.3, -0.25) is 9.48 Å². The van der Waals surface area contributed by atoms with Crippen LogP contribution in [0.4, 0.5) is 5.82 Å². The van der Waals surface area contributed by atoms with Crippen LogP contribution in [0.1, 0.15) is 38.1 Å². The van der Waals surface area contributed by atoms with Gasteiger partial charge in [-0.1, -0.05) is 0 Å². The number of hydrogen-bond acceptors (Lipinski definition) is 4. The van der Waals surface area contributed by atoms with Crippen molar-refractivity contribution in [3.8, 4) is 0 Å². The van der Waals surface area contributed by atoms with Gasteiger partial charge in [0.15, 0.2) is 0 Å². The third kappa shape index (κ3) is 3.50. The Morgan fingerprint density at radius 2 is 2.10 bits per heavy atom. The molecule has 3 N–H and O–H groups in total. The SMILES string of the molecule is Nc1ccn(C2CCN(CCC(=O)NC3CC3)CC2)n1. The Morgan fingerprint density at radius 1 is 1.35 bits per heavy atom. The number of anilines is 1. The van der Waals surface area contributed by atoms with Crippen molar-refractivity contribution in [3.63, 3.8) is 0 Å². The number of amides is 1. The highest BCUT2D eigenvalue weighted by molar-refractivity contribution is 5.76. The largest absolute Gasteiger partial charge is 0.382 e. The summed E-state index contributed by atoms with van der Waals surface area (Å²) in [6, 6.07) is 2.76. The fourth-order valence-corrected chi connectivity index (χ4v) is 2.75. The first-order valence-electron chi connectivity index (χ1n) is 7.53. The monoisotopic (exact) mass is 277 g/mol. The van der Waals surface area contributed by atoms with Crippen LogP contribution in [0.2, 0.25) is 0 Å². The molecule has 1 aromatic rings. The molecule has 1 aromatic heterocycles. The molecule has 1 aliphatic carbocycles. The van der Waals surface area contributed by atoms with Gasteiger partial charge in [0.2, 0.25) is 5.91 Å². The number of piperidine rings is 1. The van der Waals surface area contributed by atoms with E-state index < -0.39 is 0 Å². The van der Waals surface area contributed by atoms with E-state index in [-0.39, 0.29) is 5.91 Å². The van der Waals surface area contributed by atoms with Crippen molar-refractivity contribution in [2.45, 2.75) is 44.2 Å². The lowest BCUT2D eigenvalue weighted by Gasteiger charge is -2.31. The summed E-state index contributed by atoms with van der Waals surface area (Å²) in [5.74, 6) is 0.790. The second kappa shape index (κ2) is 5.83. The number of rotatable bonds is 5. The first kappa shape index (κ1) is 13.4. The van der Waals surface area contributed by atoms with Crippen molar-refractivity contribution in [1.29, 1.82) is 0 Å². The first-order chi connectivity index (χ1) is 9.70. The molecule has 0 atom stereocenters. The van der Waals surface area contributed by atoms with Crippen molar-refractivity contribution >= 4 is 11.7 Å². The molecule has 2 aliphatic rings. The number of nitrogens with zero attached hydrogens (tertiary/aromatic N) is 3. The zero-order valence-electron chi connectivity index (χ0n) is 11.8. The van der Waals surface area contributed by atoms with Gasteiger partial charge in [0.25, 0.3) is 0 Å². The standard InChI is InChI=1S/C14H23N5O/c15-13-5-10-19(17-13)12-3-7-18(8-4-12)9-6-14(20)16-11-1-2-11/h5,10-12H,1-4,6-9H2,(H2,15,17)(H,16,20). The Balaban J connectivity index is 1.38. The van der Waals surface area contributed by atoms with Crippen molar-refractivity contribution in [2.75, 3.05) is 25.4 Å². The number of nitrogen functional groups attached to an aromatic ring is 1. The summed E-state index contributed by atoms with van der Waals surface area (Å²) in [4.78, 5) is 14.0. The van der Waals surface area contributed by atoms with E-state index in [1.807, 2.05) is 16.9 Å². The number of aromatic nitrogens is 2. The Kier molecular flexibility index (Phi) is 3.91. The number of nitrogens with one attached hydrogen (secondary N) is 1. The molecule has 2 fully saturated rings. The van der Waals surface area contributed by atoms with E-state index in [0.29, 0.717) is 24.3 Å². The van der Waals surface area contributed by atoms with Gasteiger partial charge in [-0.2, -0.15) is 5.10 Å². The highest BCUT2D eigenvalue weighted by Crippen LogP contribution is 2.22. The van der Waals surface area contributed by atoms with Crippen LogP contribution in [0.3, 0.4) is 0 Å². The lowest BCUT2D eigenvalue weighted by Crippen LogP contribution is -2.37. The van der Waals surface area contributed by atoms with Crippen LogP contribution in [0.25, 0.3) is 0 Å². The fraction of sp³-hybridized carbons (Fsp3) is 0.714. The molecule has 6 heteroatoms. The van der Waals surface area contributed by atoms with Gasteiger partial charge in [-0.05, 0) is 31.7 Å². The fourth-order valence-electron chi connectivity index (χ4n) is 2.75. The van der Waals surface area contributed by atoms with Gasteiger partial charge in [0, 0.05) is 38.3 Å². The van der Waals surface area contributed by atoms with Crippen LogP contribution in [0.5, 0.6) is 0 Å². The number of carbonyl (C=O) groups excluding carboxylic acids is 1. The van der Waals surface area contributed by atoms with E-state index >= 15 is 0 Å². The third-order valence-corrected chi connectivity index (χ3v) is 4.16. The van der Waals surface area contributed by atoms with E-state index in [1.165, 1.54) is 0 Å². The van der Waals surface area contributed by atoms with Gasteiger partial charge >= 0.3 is 0 Å². The zero-order valence-corrected chi connectivity index (χ0v) is 11.8. The molecule has 1 amide bonds. The topological polar surface area (TPSA) is 76.2 Å². The molecule has 2 heterocycles. The van der Waals surface area contributed by atoms with Gasteiger partial charge < -0.3 is 16.0 Å². The maximum atomic E-state index is 11.7. The Bertz CT molecular complexity index is 460. The predicted molar refractivity (Wildman–Crippen MR) is 77.1 cm³/mol. The van der Waals surface area contributed by atoms with Crippen molar-refractivity contribution in [3.05, 3.63) is 12.3 Å². The average molecular weight is 277 g/mol. The summed E-state index contributed by atoms with van der Waals surface area (Å²) in [7, 11) is 0. The molecule has 0 aromatic carbocycles. The van der Waals surface area contributed by atoms with Gasteiger partial charge in [-0.15, -0.1) is 0 Å². The number of likely N-dealkylation sites (tertiary alicyclic amines) is 1. The zero-order chi connectivity index (χ0) is 13.9. The summed E-state index contributed by atoms with van der Waals surface area (Å²) < 4.78 is 1.98. The molecular formula is C14H23N5O. The maximum absolute atomic E-state index is 11.7. The van der Waals surface area contributed by atoms with Crippen LogP contribution in [-0.4, -0.2) is 46.3 Å². The second-order valence-electron chi connectivity index (χ2n) is 5.89. The van der Waals surface area contributed by atoms with Crippen molar-refractivity contribution in [1.82, 2.24) is 20.0 Å². The Hall–Kier alpha value is -1.56. The number of hydrogen-bond donors (Lipinski definition) is 2. The van der Waals surface area contributed by atoms with E-state index in [9.17, 15) is 4.79 Å². The smallest absolute Gasteiger partial charge is 0.221 e. The summed E-state index contributed by atoms with van der Waals surface area (Å²) in [5, 5.41) is 7.32. The molecular weight excluding hydrogens is 254 g/mol. The molecule has 6 nitrogen and oxygen atoms in total. The number of nitrogens with two attached hydrogens (primary N) is 1. The summed E-state index contributed by atoms with van der Waals surface area (Å²) in [5.41, 5.74) is 5.65. The minimum Gasteiger partial charge on any atom is -0.382 e. The van der Waals surface area contributed by atoms with Crippen molar-refractivity contribution < 1.29 is 4.79 Å². The normalized spacial score (nSPS) is 21.0. The second-order valence-corrected chi connectivity index (χ2v) is 5.89. The molecule has 0 unspecified atom stereocenters. The van der Waals surface area contributed by atoms with Crippen LogP contribution >= 0.6 is 0 Å². The van der Waals surface area contributed by atoms with Gasteiger partial charge in [-0.25, -0.2) is 0 Å². The number of carbonyl (C=O) groups is 1. The van der Waals surface area contributed by atoms with E-state index in [4.69, 9.17) is 5.73 Å². The van der Waals surface area contributed by atoms with Crippen LogP contribution < -0.4 is 11.1 Å². The van der Waals surface area contributed by atoms with E-state index in [1.54, 1.807) is 0 Å². The minimum absolute atomic E-state index is 0.203. The van der Waals surface area contributed by atoms with Crippen molar-refractivity contribution in [2.24, 2.45) is 0 Å². The molecule has 1 aliphatic heterocycles. The van der Waals surface area contributed by atoms with Gasteiger partial charge in [0.05, 0.1) is 6.04 Å². The lowest BCUT2D eigenvalue weighted by atomic mass is 10.1. The third-order valence-electron chi connectivity index (χ3n) is 4.16. The molecule has 20 heavy (non-hydrogen) atoms. The first-order valence-corrected chi connectivity index (χ1v) is 7.53. The summed E-state index contributed by atoms with van der Waals surface area (Å²) >= 11 is 0. The van der Waals surface area contributed by atoms with Crippen LogP contribution in [-0.2, 0) is 4.79 Å². The summed E-state index contributed by atoms with van der Waals surface area (Å²) in [6.45, 7) is 2.93. The van der Waals surface area contributed by atoms with Crippen LogP contribution in [0.15, 0.2) is 12.3 Å².